The van der Waals surface area contributed by atoms with Crippen molar-refractivity contribution in [3.63, 3.8) is 0 Å². The smallest absolute Gasteiger partial charge is 0.306 e. The Hall–Kier alpha value is -2.17. The van der Waals surface area contributed by atoms with Crippen LogP contribution in [-0.4, -0.2) is 24.3 Å². The number of rotatable bonds is 8. The molecule has 2 saturated carbocycles. The van der Waals surface area contributed by atoms with E-state index in [-0.39, 0.29) is 24.3 Å². The van der Waals surface area contributed by atoms with E-state index in [0.717, 1.165) is 12.3 Å². The van der Waals surface area contributed by atoms with Gasteiger partial charge in [0.25, 0.3) is 0 Å². The summed E-state index contributed by atoms with van der Waals surface area (Å²) in [6.07, 6.45) is 5.84. The van der Waals surface area contributed by atoms with E-state index >= 15 is 0 Å². The summed E-state index contributed by atoms with van der Waals surface area (Å²) in [6, 6.07) is 6.69. The van der Waals surface area contributed by atoms with Gasteiger partial charge in [-0.3, -0.25) is 14.4 Å². The van der Waals surface area contributed by atoms with E-state index in [1.54, 1.807) is 24.3 Å². The highest BCUT2D eigenvalue weighted by atomic mass is 16.5. The minimum atomic E-state index is -0.265. The van der Waals surface area contributed by atoms with Crippen LogP contribution in [0.2, 0.25) is 0 Å². The van der Waals surface area contributed by atoms with Crippen molar-refractivity contribution in [3.8, 4) is 0 Å². The van der Waals surface area contributed by atoms with Crippen molar-refractivity contribution in [2.75, 3.05) is 11.9 Å². The molecule has 1 amide bonds. The lowest BCUT2D eigenvalue weighted by atomic mass is 9.86. The van der Waals surface area contributed by atoms with Crippen molar-refractivity contribution >= 4 is 23.3 Å². The fourth-order valence-corrected chi connectivity index (χ4v) is 4.45. The van der Waals surface area contributed by atoms with E-state index in [0.29, 0.717) is 41.8 Å². The highest BCUT2D eigenvalue weighted by molar-refractivity contribution is 5.98. The standard InChI is InChI=1S/C22H29NO4/c1-14(2)9-21(25)23-19-7-5-16(6-8-19)20(24)13-27-22(26)12-18-11-15-3-4-17(18)10-15/h5-8,14-15,17-18H,3-4,9-13H2,1-2H3,(H,23,25). The monoisotopic (exact) mass is 371 g/mol. The van der Waals surface area contributed by atoms with Crippen molar-refractivity contribution in [2.24, 2.45) is 23.7 Å². The van der Waals surface area contributed by atoms with E-state index in [1.807, 2.05) is 13.8 Å². The van der Waals surface area contributed by atoms with Crippen LogP contribution in [0.3, 0.4) is 0 Å². The molecular weight excluding hydrogens is 342 g/mol. The van der Waals surface area contributed by atoms with E-state index < -0.39 is 0 Å². The molecule has 3 unspecified atom stereocenters. The summed E-state index contributed by atoms with van der Waals surface area (Å²) in [4.78, 5) is 36.1. The second kappa shape index (κ2) is 8.68. The Kier molecular flexibility index (Phi) is 6.30. The van der Waals surface area contributed by atoms with Crippen LogP contribution in [-0.2, 0) is 14.3 Å². The summed E-state index contributed by atoms with van der Waals surface area (Å²) in [5.41, 5.74) is 1.13. The molecule has 3 rings (SSSR count). The molecule has 2 aliphatic carbocycles. The summed E-state index contributed by atoms with van der Waals surface area (Å²) in [6.45, 7) is 3.75. The van der Waals surface area contributed by atoms with Crippen molar-refractivity contribution in [1.29, 1.82) is 0 Å². The first-order chi connectivity index (χ1) is 12.9. The van der Waals surface area contributed by atoms with Gasteiger partial charge in [0.05, 0.1) is 0 Å². The lowest BCUT2D eigenvalue weighted by Gasteiger charge is -2.20. The predicted molar refractivity (Wildman–Crippen MR) is 103 cm³/mol. The van der Waals surface area contributed by atoms with Gasteiger partial charge in [0.1, 0.15) is 0 Å². The average Bonchev–Trinajstić information content (AvgIpc) is 3.22. The van der Waals surface area contributed by atoms with Gasteiger partial charge >= 0.3 is 5.97 Å². The number of hydrogen-bond donors (Lipinski definition) is 1. The van der Waals surface area contributed by atoms with Gasteiger partial charge < -0.3 is 10.1 Å². The first-order valence-electron chi connectivity index (χ1n) is 9.99. The van der Waals surface area contributed by atoms with Crippen LogP contribution in [0.25, 0.3) is 0 Å². The maximum absolute atomic E-state index is 12.2. The van der Waals surface area contributed by atoms with Crippen LogP contribution in [0.5, 0.6) is 0 Å². The van der Waals surface area contributed by atoms with E-state index in [4.69, 9.17) is 4.74 Å². The largest absolute Gasteiger partial charge is 0.457 e. The van der Waals surface area contributed by atoms with Gasteiger partial charge in [-0.05, 0) is 67.2 Å². The van der Waals surface area contributed by atoms with E-state index in [1.165, 1.54) is 19.3 Å². The maximum atomic E-state index is 12.2. The second-order valence-corrected chi connectivity index (χ2v) is 8.45. The highest BCUT2D eigenvalue weighted by Crippen LogP contribution is 2.49. The third kappa shape index (κ3) is 5.41. The number of carbonyl (C=O) groups is 3. The minimum absolute atomic E-state index is 0.0429. The SMILES string of the molecule is CC(C)CC(=O)Nc1ccc(C(=O)COC(=O)CC2CC3CCC2C3)cc1. The number of amides is 1. The van der Waals surface area contributed by atoms with Gasteiger partial charge in [-0.1, -0.05) is 20.3 Å². The van der Waals surface area contributed by atoms with Gasteiger partial charge in [0.2, 0.25) is 5.91 Å². The zero-order valence-electron chi connectivity index (χ0n) is 16.2. The maximum Gasteiger partial charge on any atom is 0.306 e. The molecule has 5 heteroatoms. The Morgan fingerprint density at radius 1 is 1.11 bits per heavy atom. The van der Waals surface area contributed by atoms with Crippen LogP contribution >= 0.6 is 0 Å². The molecule has 0 aromatic heterocycles. The molecule has 1 aromatic carbocycles. The molecule has 0 saturated heterocycles. The Bertz CT molecular complexity index is 695. The Balaban J connectivity index is 1.42. The summed E-state index contributed by atoms with van der Waals surface area (Å²) in [5, 5.41) is 2.81. The number of anilines is 1. The molecule has 146 valence electrons. The number of ketones is 1. The van der Waals surface area contributed by atoms with Gasteiger partial charge in [-0.25, -0.2) is 0 Å². The molecule has 3 atom stereocenters. The minimum Gasteiger partial charge on any atom is -0.457 e. The molecule has 2 fully saturated rings. The Morgan fingerprint density at radius 2 is 1.85 bits per heavy atom. The van der Waals surface area contributed by atoms with Crippen LogP contribution in [0.1, 0.15) is 62.7 Å². The number of ether oxygens (including phenoxy) is 1. The normalized spacial score (nSPS) is 23.4. The molecule has 0 spiro atoms. The van der Waals surface area contributed by atoms with Crippen molar-refractivity contribution in [3.05, 3.63) is 29.8 Å². The van der Waals surface area contributed by atoms with E-state index in [9.17, 15) is 14.4 Å². The molecular formula is C22H29NO4. The molecule has 2 bridgehead atoms. The van der Waals surface area contributed by atoms with Crippen LogP contribution in [0, 0.1) is 23.7 Å². The van der Waals surface area contributed by atoms with Gasteiger partial charge in [-0.2, -0.15) is 0 Å². The first kappa shape index (κ1) is 19.6. The zero-order valence-corrected chi connectivity index (χ0v) is 16.2. The van der Waals surface area contributed by atoms with Crippen LogP contribution < -0.4 is 5.32 Å². The molecule has 27 heavy (non-hydrogen) atoms. The van der Waals surface area contributed by atoms with Crippen molar-refractivity contribution in [2.45, 2.75) is 52.4 Å². The topological polar surface area (TPSA) is 72.5 Å². The molecule has 0 aliphatic heterocycles. The number of esters is 1. The lowest BCUT2D eigenvalue weighted by Crippen LogP contribution is -2.19. The van der Waals surface area contributed by atoms with Crippen molar-refractivity contribution < 1.29 is 19.1 Å². The average molecular weight is 371 g/mol. The molecule has 2 aliphatic rings. The summed E-state index contributed by atoms with van der Waals surface area (Å²) < 4.78 is 5.21. The number of carbonyl (C=O) groups excluding carboxylic acids is 3. The second-order valence-electron chi connectivity index (χ2n) is 8.45. The fraction of sp³-hybridized carbons (Fsp3) is 0.591. The van der Waals surface area contributed by atoms with Gasteiger partial charge in [0.15, 0.2) is 12.4 Å². The Labute approximate surface area is 160 Å². The molecule has 0 heterocycles. The molecule has 1 aromatic rings. The zero-order chi connectivity index (χ0) is 19.4. The van der Waals surface area contributed by atoms with Crippen LogP contribution in [0.4, 0.5) is 5.69 Å². The summed E-state index contributed by atoms with van der Waals surface area (Å²) in [5.74, 6) is 1.68. The third-order valence-electron chi connectivity index (χ3n) is 5.76. The Morgan fingerprint density at radius 3 is 2.44 bits per heavy atom. The molecule has 1 N–H and O–H groups in total. The number of nitrogens with one attached hydrogen (secondary N) is 1. The van der Waals surface area contributed by atoms with Crippen molar-refractivity contribution in [1.82, 2.24) is 0 Å². The number of hydrogen-bond acceptors (Lipinski definition) is 4. The first-order valence-corrected chi connectivity index (χ1v) is 9.99. The lowest BCUT2D eigenvalue weighted by molar-refractivity contribution is -0.144. The molecule has 5 nitrogen and oxygen atoms in total. The third-order valence-corrected chi connectivity index (χ3v) is 5.76. The van der Waals surface area contributed by atoms with Gasteiger partial charge in [-0.15, -0.1) is 0 Å². The number of fused-ring (bicyclic) bond motifs is 2. The number of benzene rings is 1. The fourth-order valence-electron chi connectivity index (χ4n) is 4.45. The van der Waals surface area contributed by atoms with Crippen LogP contribution in [0.15, 0.2) is 24.3 Å². The molecule has 0 radical (unpaired) electrons. The summed E-state index contributed by atoms with van der Waals surface area (Å²) >= 11 is 0. The van der Waals surface area contributed by atoms with E-state index in [2.05, 4.69) is 5.32 Å². The highest BCUT2D eigenvalue weighted by Gasteiger charge is 2.40. The van der Waals surface area contributed by atoms with Gasteiger partial charge in [0, 0.05) is 24.1 Å². The summed E-state index contributed by atoms with van der Waals surface area (Å²) in [7, 11) is 0. The number of Topliss-reactive ketones (excluding diaryl/α,β-unsaturated/α-hetero) is 1. The predicted octanol–water partition coefficient (Wildman–Crippen LogP) is 4.22. The quantitative estimate of drug-likeness (QED) is 0.548.